The van der Waals surface area contributed by atoms with E-state index in [0.29, 0.717) is 27.2 Å². The van der Waals surface area contributed by atoms with Crippen LogP contribution in [0.4, 0.5) is 16.2 Å². The topological polar surface area (TPSA) is 84.1 Å². The molecular weight excluding hydrogens is 303 g/mol. The van der Waals surface area contributed by atoms with Gasteiger partial charge in [-0.15, -0.1) is 0 Å². The van der Waals surface area contributed by atoms with Crippen LogP contribution in [0.5, 0.6) is 0 Å². The van der Waals surface area contributed by atoms with Gasteiger partial charge >= 0.3 is 0 Å². The molecule has 1 aromatic heterocycles. The van der Waals surface area contributed by atoms with Gasteiger partial charge in [0.15, 0.2) is 0 Å². The molecular formula is C12H12ClFN4OS. The van der Waals surface area contributed by atoms with Crippen LogP contribution in [0.3, 0.4) is 0 Å². The van der Waals surface area contributed by atoms with Gasteiger partial charge < -0.3 is 16.2 Å². The Labute approximate surface area is 124 Å². The molecule has 0 atom stereocenters. The maximum Gasteiger partial charge on any atom is 0.221 e. The molecule has 20 heavy (non-hydrogen) atoms. The Balaban J connectivity index is 2.27. The molecule has 0 aliphatic carbocycles. The molecule has 1 heterocycles. The lowest BCUT2D eigenvalue weighted by Gasteiger charge is -2.10. The fourth-order valence-corrected chi connectivity index (χ4v) is 2.57. The highest BCUT2D eigenvalue weighted by Crippen LogP contribution is 2.36. The summed E-state index contributed by atoms with van der Waals surface area (Å²) in [6.07, 6.45) is 1.55. The van der Waals surface area contributed by atoms with Crippen molar-refractivity contribution in [1.82, 2.24) is 9.97 Å². The number of rotatable bonds is 5. The Morgan fingerprint density at radius 2 is 2.20 bits per heavy atom. The smallest absolute Gasteiger partial charge is 0.221 e. The molecule has 2 aromatic rings. The van der Waals surface area contributed by atoms with E-state index >= 15 is 0 Å². The highest BCUT2D eigenvalue weighted by molar-refractivity contribution is 7.99. The lowest BCUT2D eigenvalue weighted by atomic mass is 10.3. The average Bonchev–Trinajstić information content (AvgIpc) is 2.41. The fourth-order valence-electron chi connectivity index (χ4n) is 1.44. The third-order valence-corrected chi connectivity index (χ3v) is 3.81. The highest BCUT2D eigenvalue weighted by atomic mass is 35.5. The van der Waals surface area contributed by atoms with Crippen molar-refractivity contribution in [3.05, 3.63) is 35.2 Å². The number of benzene rings is 1. The maximum atomic E-state index is 13.0. The second kappa shape index (κ2) is 6.74. The SMILES string of the molecule is Nc1ncc(Sc2ccc(F)cc2Cl)c(NCCO)n1. The lowest BCUT2D eigenvalue weighted by molar-refractivity contribution is 0.311. The van der Waals surface area contributed by atoms with E-state index in [1.54, 1.807) is 12.3 Å². The van der Waals surface area contributed by atoms with Gasteiger partial charge in [-0.1, -0.05) is 23.4 Å². The summed E-state index contributed by atoms with van der Waals surface area (Å²) < 4.78 is 13.0. The molecule has 0 saturated carbocycles. The number of nitrogen functional groups attached to an aromatic ring is 1. The Kier molecular flexibility index (Phi) is 4.99. The number of nitrogens with one attached hydrogen (secondary N) is 1. The van der Waals surface area contributed by atoms with Crippen LogP contribution in [0.25, 0.3) is 0 Å². The van der Waals surface area contributed by atoms with Gasteiger partial charge in [-0.05, 0) is 18.2 Å². The molecule has 0 amide bonds. The molecule has 1 aromatic carbocycles. The average molecular weight is 315 g/mol. The molecule has 8 heteroatoms. The summed E-state index contributed by atoms with van der Waals surface area (Å²) in [6.45, 7) is 0.298. The standard InChI is InChI=1S/C12H12ClFN4OS/c13-8-5-7(14)1-2-9(8)20-10-6-17-12(15)18-11(10)16-3-4-19/h1-2,5-6,19H,3-4H2,(H3,15,16,17,18). The zero-order chi connectivity index (χ0) is 14.5. The van der Waals surface area contributed by atoms with Crippen LogP contribution in [-0.2, 0) is 0 Å². The normalized spacial score (nSPS) is 10.6. The molecule has 0 spiro atoms. The monoisotopic (exact) mass is 314 g/mol. The number of aliphatic hydroxyl groups excluding tert-OH is 1. The van der Waals surface area contributed by atoms with Crippen molar-refractivity contribution in [3.8, 4) is 0 Å². The Morgan fingerprint density at radius 3 is 2.90 bits per heavy atom. The van der Waals surface area contributed by atoms with E-state index in [4.69, 9.17) is 22.4 Å². The van der Waals surface area contributed by atoms with Gasteiger partial charge in [-0.2, -0.15) is 4.98 Å². The first-order valence-corrected chi connectivity index (χ1v) is 6.89. The minimum atomic E-state index is -0.397. The summed E-state index contributed by atoms with van der Waals surface area (Å²) in [5.74, 6) is 0.225. The molecule has 0 bridgehead atoms. The van der Waals surface area contributed by atoms with Gasteiger partial charge in [0, 0.05) is 17.6 Å². The predicted octanol–water partition coefficient (Wildman–Crippen LogP) is 2.41. The molecule has 5 nitrogen and oxygen atoms in total. The van der Waals surface area contributed by atoms with Crippen molar-refractivity contribution in [2.24, 2.45) is 0 Å². The highest BCUT2D eigenvalue weighted by Gasteiger charge is 2.10. The van der Waals surface area contributed by atoms with Crippen molar-refractivity contribution < 1.29 is 9.50 Å². The van der Waals surface area contributed by atoms with E-state index in [0.717, 1.165) is 0 Å². The Bertz CT molecular complexity index is 614. The van der Waals surface area contributed by atoms with Crippen LogP contribution in [-0.4, -0.2) is 28.2 Å². The van der Waals surface area contributed by atoms with Crippen molar-refractivity contribution in [2.45, 2.75) is 9.79 Å². The molecule has 0 aliphatic heterocycles. The van der Waals surface area contributed by atoms with Crippen LogP contribution in [0, 0.1) is 5.82 Å². The summed E-state index contributed by atoms with van der Waals surface area (Å²) in [4.78, 5) is 9.33. The number of hydrogen-bond acceptors (Lipinski definition) is 6. The number of nitrogens with zero attached hydrogens (tertiary/aromatic N) is 2. The summed E-state index contributed by atoms with van der Waals surface area (Å²) in [6, 6.07) is 4.14. The van der Waals surface area contributed by atoms with Gasteiger partial charge in [0.05, 0.1) is 16.5 Å². The van der Waals surface area contributed by atoms with Gasteiger partial charge in [-0.3, -0.25) is 0 Å². The molecule has 0 radical (unpaired) electrons. The largest absolute Gasteiger partial charge is 0.395 e. The predicted molar refractivity (Wildman–Crippen MR) is 77.6 cm³/mol. The van der Waals surface area contributed by atoms with Crippen molar-refractivity contribution in [2.75, 3.05) is 24.2 Å². The molecule has 0 aliphatic rings. The van der Waals surface area contributed by atoms with E-state index in [2.05, 4.69) is 15.3 Å². The summed E-state index contributed by atoms with van der Waals surface area (Å²) >= 11 is 7.27. The molecule has 4 N–H and O–H groups in total. The maximum absolute atomic E-state index is 13.0. The van der Waals surface area contributed by atoms with Gasteiger partial charge in [0.2, 0.25) is 5.95 Å². The van der Waals surface area contributed by atoms with Crippen LogP contribution >= 0.6 is 23.4 Å². The Hall–Kier alpha value is -1.57. The third-order valence-electron chi connectivity index (χ3n) is 2.29. The second-order valence-electron chi connectivity index (χ2n) is 3.77. The fraction of sp³-hybridized carbons (Fsp3) is 0.167. The van der Waals surface area contributed by atoms with E-state index in [-0.39, 0.29) is 12.6 Å². The van der Waals surface area contributed by atoms with Crippen LogP contribution in [0.2, 0.25) is 5.02 Å². The van der Waals surface area contributed by atoms with Crippen LogP contribution in [0.15, 0.2) is 34.2 Å². The van der Waals surface area contributed by atoms with E-state index < -0.39 is 5.82 Å². The van der Waals surface area contributed by atoms with E-state index in [9.17, 15) is 4.39 Å². The first-order valence-electron chi connectivity index (χ1n) is 5.70. The second-order valence-corrected chi connectivity index (χ2v) is 5.26. The minimum absolute atomic E-state index is 0.0364. The van der Waals surface area contributed by atoms with Crippen LogP contribution in [0.1, 0.15) is 0 Å². The summed E-state index contributed by atoms with van der Waals surface area (Å²) in [5, 5.41) is 12.1. The number of aliphatic hydroxyl groups is 1. The van der Waals surface area contributed by atoms with Crippen molar-refractivity contribution in [3.63, 3.8) is 0 Å². The van der Waals surface area contributed by atoms with Crippen molar-refractivity contribution >= 4 is 35.1 Å². The number of halogens is 2. The lowest BCUT2D eigenvalue weighted by Crippen LogP contribution is -2.09. The molecule has 106 valence electrons. The zero-order valence-electron chi connectivity index (χ0n) is 10.3. The van der Waals surface area contributed by atoms with E-state index in [1.807, 2.05) is 0 Å². The van der Waals surface area contributed by atoms with E-state index in [1.165, 1.54) is 23.9 Å². The molecule has 0 saturated heterocycles. The Morgan fingerprint density at radius 1 is 1.40 bits per heavy atom. The molecule has 0 unspecified atom stereocenters. The summed E-state index contributed by atoms with van der Waals surface area (Å²) in [5.41, 5.74) is 5.53. The van der Waals surface area contributed by atoms with Gasteiger partial charge in [0.1, 0.15) is 11.6 Å². The third kappa shape index (κ3) is 3.72. The zero-order valence-corrected chi connectivity index (χ0v) is 11.9. The molecule has 0 fully saturated rings. The quantitative estimate of drug-likeness (QED) is 0.786. The number of anilines is 2. The first kappa shape index (κ1) is 14.8. The number of nitrogens with two attached hydrogens (primary N) is 1. The minimum Gasteiger partial charge on any atom is -0.395 e. The van der Waals surface area contributed by atoms with Crippen molar-refractivity contribution in [1.29, 1.82) is 0 Å². The number of aromatic nitrogens is 2. The first-order chi connectivity index (χ1) is 9.60. The van der Waals surface area contributed by atoms with Gasteiger partial charge in [-0.25, -0.2) is 9.37 Å². The molecule has 2 rings (SSSR count). The number of hydrogen-bond donors (Lipinski definition) is 3. The summed E-state index contributed by atoms with van der Waals surface area (Å²) in [7, 11) is 0. The van der Waals surface area contributed by atoms with Gasteiger partial charge in [0.25, 0.3) is 0 Å². The van der Waals surface area contributed by atoms with Crippen LogP contribution < -0.4 is 11.1 Å².